The van der Waals surface area contributed by atoms with Gasteiger partial charge in [-0.05, 0) is 56.5 Å². The van der Waals surface area contributed by atoms with Crippen molar-refractivity contribution in [2.24, 2.45) is 0 Å². The van der Waals surface area contributed by atoms with Crippen LogP contribution in [0.15, 0.2) is 47.3 Å². The number of hydrogen-bond donors (Lipinski definition) is 1. The molecule has 1 aromatic heterocycles. The van der Waals surface area contributed by atoms with Crippen LogP contribution >= 0.6 is 0 Å². The van der Waals surface area contributed by atoms with Crippen molar-refractivity contribution >= 4 is 28.6 Å². The van der Waals surface area contributed by atoms with E-state index in [2.05, 4.69) is 5.32 Å². The molecule has 0 aliphatic carbocycles. The van der Waals surface area contributed by atoms with Crippen molar-refractivity contribution < 1.29 is 14.3 Å². The van der Waals surface area contributed by atoms with Crippen LogP contribution in [-0.4, -0.2) is 27.1 Å². The molecule has 0 saturated carbocycles. The van der Waals surface area contributed by atoms with E-state index in [1.54, 1.807) is 9.13 Å². The Morgan fingerprint density at radius 2 is 1.68 bits per heavy atom. The van der Waals surface area contributed by atoms with Crippen LogP contribution in [0.25, 0.3) is 11.0 Å². The maximum absolute atomic E-state index is 12.8. The van der Waals surface area contributed by atoms with Gasteiger partial charge in [-0.15, -0.1) is 0 Å². The molecule has 31 heavy (non-hydrogen) atoms. The number of rotatable bonds is 8. The van der Waals surface area contributed by atoms with Gasteiger partial charge in [0.25, 0.3) is 5.91 Å². The Morgan fingerprint density at radius 1 is 1.03 bits per heavy atom. The molecular formula is C24H29N3O4. The summed E-state index contributed by atoms with van der Waals surface area (Å²) in [6, 6.07) is 13.3. The van der Waals surface area contributed by atoms with E-state index < -0.39 is 18.0 Å². The van der Waals surface area contributed by atoms with Gasteiger partial charge in [0.05, 0.1) is 17.5 Å². The lowest BCUT2D eigenvalue weighted by atomic mass is 10.1. The van der Waals surface area contributed by atoms with E-state index in [-0.39, 0.29) is 18.7 Å². The van der Waals surface area contributed by atoms with Gasteiger partial charge in [0.1, 0.15) is 0 Å². The molecule has 0 bridgehead atoms. The number of esters is 1. The first kappa shape index (κ1) is 22.3. The normalized spacial score (nSPS) is 12.0. The van der Waals surface area contributed by atoms with E-state index in [1.807, 2.05) is 63.2 Å². The highest BCUT2D eigenvalue weighted by atomic mass is 16.5. The first-order valence-electron chi connectivity index (χ1n) is 10.6. The number of carbonyl (C=O) groups is 2. The topological polar surface area (TPSA) is 82.3 Å². The number of amides is 1. The van der Waals surface area contributed by atoms with E-state index in [9.17, 15) is 14.4 Å². The molecule has 164 valence electrons. The van der Waals surface area contributed by atoms with Gasteiger partial charge < -0.3 is 10.1 Å². The van der Waals surface area contributed by atoms with Crippen molar-refractivity contribution in [3.8, 4) is 0 Å². The molecule has 3 rings (SSSR count). The molecule has 0 radical (unpaired) electrons. The largest absolute Gasteiger partial charge is 0.452 e. The highest BCUT2D eigenvalue weighted by Gasteiger charge is 2.20. The highest BCUT2D eigenvalue weighted by molar-refractivity contribution is 5.95. The summed E-state index contributed by atoms with van der Waals surface area (Å²) < 4.78 is 8.62. The maximum Gasteiger partial charge on any atom is 0.329 e. The number of aryl methyl sites for hydroxylation is 4. The maximum atomic E-state index is 12.8. The molecule has 0 fully saturated rings. The van der Waals surface area contributed by atoms with E-state index in [0.717, 1.165) is 28.6 Å². The molecule has 1 heterocycles. The summed E-state index contributed by atoms with van der Waals surface area (Å²) in [7, 11) is 0. The van der Waals surface area contributed by atoms with Crippen LogP contribution in [0.1, 0.15) is 37.8 Å². The Morgan fingerprint density at radius 3 is 2.32 bits per heavy atom. The van der Waals surface area contributed by atoms with E-state index in [0.29, 0.717) is 12.2 Å². The third kappa shape index (κ3) is 5.05. The third-order valence-corrected chi connectivity index (χ3v) is 5.24. The molecule has 3 aromatic rings. The van der Waals surface area contributed by atoms with Gasteiger partial charge in [-0.1, -0.05) is 31.2 Å². The molecule has 7 nitrogen and oxygen atoms in total. The van der Waals surface area contributed by atoms with Gasteiger partial charge in [0.2, 0.25) is 0 Å². The quantitative estimate of drug-likeness (QED) is 0.559. The number of aromatic nitrogens is 2. The number of hydrogen-bond acceptors (Lipinski definition) is 4. The average molecular weight is 424 g/mol. The minimum Gasteiger partial charge on any atom is -0.452 e. The van der Waals surface area contributed by atoms with Crippen molar-refractivity contribution in [2.75, 3.05) is 5.32 Å². The monoisotopic (exact) mass is 423 g/mol. The second-order valence-electron chi connectivity index (χ2n) is 7.76. The summed E-state index contributed by atoms with van der Waals surface area (Å²) in [6.45, 7) is 8.21. The number of benzene rings is 2. The number of fused-ring (bicyclic) bond motifs is 1. The molecule has 1 N–H and O–H groups in total. The molecule has 0 unspecified atom stereocenters. The lowest BCUT2D eigenvalue weighted by molar-refractivity contribution is -0.153. The van der Waals surface area contributed by atoms with Crippen LogP contribution < -0.4 is 11.0 Å². The van der Waals surface area contributed by atoms with Crippen molar-refractivity contribution in [2.45, 2.75) is 59.7 Å². The Bertz CT molecular complexity index is 1160. The first-order chi connectivity index (χ1) is 14.8. The van der Waals surface area contributed by atoms with Crippen molar-refractivity contribution in [3.05, 3.63) is 64.1 Å². The molecule has 7 heteroatoms. The smallest absolute Gasteiger partial charge is 0.329 e. The van der Waals surface area contributed by atoms with E-state index >= 15 is 0 Å². The van der Waals surface area contributed by atoms with Crippen LogP contribution in [0.4, 0.5) is 5.69 Å². The standard InChI is InChI=1S/C24H29N3O4/c1-5-13-26-20-8-6-7-9-21(20)27(24(26)30)14-12-22(28)31-18(4)23(29)25-19-15-16(2)10-11-17(19)3/h6-11,15,18H,5,12-14H2,1-4H3,(H,25,29)/t18-/m1/s1. The first-order valence-corrected chi connectivity index (χ1v) is 10.6. The zero-order chi connectivity index (χ0) is 22.5. The number of ether oxygens (including phenoxy) is 1. The van der Waals surface area contributed by atoms with Crippen molar-refractivity contribution in [1.82, 2.24) is 9.13 Å². The number of carbonyl (C=O) groups excluding carboxylic acids is 2. The van der Waals surface area contributed by atoms with Crippen LogP contribution in [0, 0.1) is 13.8 Å². The molecule has 0 saturated heterocycles. The van der Waals surface area contributed by atoms with Crippen LogP contribution in [0.3, 0.4) is 0 Å². The number of para-hydroxylation sites is 2. The summed E-state index contributed by atoms with van der Waals surface area (Å²) in [5.74, 6) is -0.915. The number of nitrogens with zero attached hydrogens (tertiary/aromatic N) is 2. The summed E-state index contributed by atoms with van der Waals surface area (Å²) in [4.78, 5) is 37.6. The van der Waals surface area contributed by atoms with Gasteiger partial charge in [0, 0.05) is 18.8 Å². The van der Waals surface area contributed by atoms with Crippen LogP contribution in [0.2, 0.25) is 0 Å². The van der Waals surface area contributed by atoms with Gasteiger partial charge in [-0.3, -0.25) is 18.7 Å². The molecular weight excluding hydrogens is 394 g/mol. The molecule has 0 aliphatic heterocycles. The van der Waals surface area contributed by atoms with E-state index in [1.165, 1.54) is 6.92 Å². The summed E-state index contributed by atoms with van der Waals surface area (Å²) in [5.41, 5.74) is 4.15. The number of anilines is 1. The fourth-order valence-electron chi connectivity index (χ4n) is 3.55. The minimum absolute atomic E-state index is 0.00112. The fourth-order valence-corrected chi connectivity index (χ4v) is 3.55. The predicted molar refractivity (Wildman–Crippen MR) is 121 cm³/mol. The zero-order valence-electron chi connectivity index (χ0n) is 18.5. The van der Waals surface area contributed by atoms with Crippen molar-refractivity contribution in [1.29, 1.82) is 0 Å². The Hall–Kier alpha value is -3.35. The second kappa shape index (κ2) is 9.64. The van der Waals surface area contributed by atoms with Crippen LogP contribution in [0.5, 0.6) is 0 Å². The molecule has 1 amide bonds. The number of nitrogens with one attached hydrogen (secondary N) is 1. The van der Waals surface area contributed by atoms with Crippen LogP contribution in [-0.2, 0) is 27.4 Å². The van der Waals surface area contributed by atoms with Gasteiger partial charge >= 0.3 is 11.7 Å². The SMILES string of the molecule is CCCn1c(=O)n(CCC(=O)O[C@H](C)C(=O)Nc2cc(C)ccc2C)c2ccccc21. The summed E-state index contributed by atoms with van der Waals surface area (Å²) >= 11 is 0. The zero-order valence-corrected chi connectivity index (χ0v) is 18.5. The lowest BCUT2D eigenvalue weighted by Crippen LogP contribution is -2.31. The highest BCUT2D eigenvalue weighted by Crippen LogP contribution is 2.17. The summed E-state index contributed by atoms with van der Waals surface area (Å²) in [5, 5.41) is 2.81. The molecule has 0 spiro atoms. The van der Waals surface area contributed by atoms with E-state index in [4.69, 9.17) is 4.74 Å². The average Bonchev–Trinajstić information content (AvgIpc) is 3.00. The van der Waals surface area contributed by atoms with Gasteiger partial charge in [0.15, 0.2) is 6.10 Å². The van der Waals surface area contributed by atoms with Crippen molar-refractivity contribution in [3.63, 3.8) is 0 Å². The molecule has 0 aliphatic rings. The molecule has 2 aromatic carbocycles. The fraction of sp³-hybridized carbons (Fsp3) is 0.375. The Kier molecular flexibility index (Phi) is 6.95. The third-order valence-electron chi connectivity index (χ3n) is 5.24. The molecule has 1 atom stereocenters. The Balaban J connectivity index is 1.64. The van der Waals surface area contributed by atoms with Gasteiger partial charge in [-0.25, -0.2) is 4.79 Å². The lowest BCUT2D eigenvalue weighted by Gasteiger charge is -2.15. The predicted octanol–water partition coefficient (Wildman–Crippen LogP) is 3.79. The number of imidazole rings is 1. The van der Waals surface area contributed by atoms with Gasteiger partial charge in [-0.2, -0.15) is 0 Å². The second-order valence-corrected chi connectivity index (χ2v) is 7.76. The summed E-state index contributed by atoms with van der Waals surface area (Å²) in [6.07, 6.45) is -0.102. The Labute approximate surface area is 181 Å². The minimum atomic E-state index is -0.939.